The zero-order valence-corrected chi connectivity index (χ0v) is 16.4. The molecule has 0 aliphatic carbocycles. The second-order valence-electron chi connectivity index (χ2n) is 7.04. The molecule has 1 unspecified atom stereocenters. The van der Waals surface area contributed by atoms with Gasteiger partial charge in [-0.15, -0.1) is 0 Å². The summed E-state index contributed by atoms with van der Waals surface area (Å²) < 4.78 is 17.1. The van der Waals surface area contributed by atoms with Crippen LogP contribution < -0.4 is 20.1 Å². The zero-order chi connectivity index (χ0) is 19.8. The maximum atomic E-state index is 12.3. The lowest BCUT2D eigenvalue weighted by Gasteiger charge is -2.15. The number of rotatable bonds is 9. The molecular weight excluding hydrogens is 356 g/mol. The molecule has 0 radical (unpaired) electrons. The molecule has 2 aromatic carbocycles. The first-order chi connectivity index (χ1) is 13.6. The van der Waals surface area contributed by atoms with E-state index < -0.39 is 0 Å². The molecule has 3 rings (SSSR count). The summed E-state index contributed by atoms with van der Waals surface area (Å²) >= 11 is 0. The third kappa shape index (κ3) is 6.16. The van der Waals surface area contributed by atoms with Gasteiger partial charge in [0.15, 0.2) is 0 Å². The summed E-state index contributed by atoms with van der Waals surface area (Å²) in [6.07, 6.45) is 2.34. The smallest absolute Gasteiger partial charge is 0.243 e. The van der Waals surface area contributed by atoms with Gasteiger partial charge in [-0.2, -0.15) is 0 Å². The molecule has 1 saturated heterocycles. The Labute approximate surface area is 166 Å². The van der Waals surface area contributed by atoms with Crippen LogP contribution in [0.3, 0.4) is 0 Å². The predicted octanol–water partition coefficient (Wildman–Crippen LogP) is 4.08. The van der Waals surface area contributed by atoms with E-state index in [1.807, 2.05) is 62.4 Å². The average Bonchev–Trinajstić information content (AvgIpc) is 3.19. The lowest BCUT2D eigenvalue weighted by atomic mass is 10.2. The van der Waals surface area contributed by atoms with E-state index in [1.165, 1.54) is 0 Å². The highest BCUT2D eigenvalue weighted by Crippen LogP contribution is 2.25. The maximum Gasteiger partial charge on any atom is 0.243 e. The molecule has 1 aliphatic rings. The fraction of sp³-hybridized carbons (Fsp3) is 0.409. The van der Waals surface area contributed by atoms with Crippen molar-refractivity contribution in [3.05, 3.63) is 48.5 Å². The number of benzene rings is 2. The number of carbonyl (C=O) groups is 1. The summed E-state index contributed by atoms with van der Waals surface area (Å²) in [6.45, 7) is 5.42. The molecule has 1 fully saturated rings. The van der Waals surface area contributed by atoms with E-state index >= 15 is 0 Å². The van der Waals surface area contributed by atoms with Gasteiger partial charge in [0.1, 0.15) is 18.1 Å². The number of para-hydroxylation sites is 2. The summed E-state index contributed by atoms with van der Waals surface area (Å²) in [5.74, 6) is 1.31. The topological polar surface area (TPSA) is 68.8 Å². The van der Waals surface area contributed by atoms with E-state index in [2.05, 4.69) is 10.6 Å². The number of ether oxygens (including phenoxy) is 3. The van der Waals surface area contributed by atoms with Gasteiger partial charge < -0.3 is 24.8 Å². The van der Waals surface area contributed by atoms with Gasteiger partial charge in [-0.3, -0.25) is 4.79 Å². The highest BCUT2D eigenvalue weighted by Gasteiger charge is 2.16. The molecular formula is C22H28N2O4. The Hall–Kier alpha value is -2.73. The van der Waals surface area contributed by atoms with Crippen LogP contribution in [0.2, 0.25) is 0 Å². The van der Waals surface area contributed by atoms with Crippen LogP contribution in [-0.4, -0.2) is 37.9 Å². The molecule has 2 N–H and O–H groups in total. The second kappa shape index (κ2) is 9.99. The van der Waals surface area contributed by atoms with Crippen molar-refractivity contribution in [2.24, 2.45) is 0 Å². The van der Waals surface area contributed by atoms with Gasteiger partial charge in [-0.05, 0) is 51.0 Å². The van der Waals surface area contributed by atoms with Gasteiger partial charge in [0, 0.05) is 18.4 Å². The number of carbonyl (C=O) groups excluding carboxylic acids is 1. The normalized spacial score (nSPS) is 16.0. The molecule has 0 bridgehead atoms. The summed E-state index contributed by atoms with van der Waals surface area (Å²) in [6, 6.07) is 15.0. The Kier molecular flexibility index (Phi) is 7.14. The molecule has 28 heavy (non-hydrogen) atoms. The maximum absolute atomic E-state index is 12.3. The molecule has 0 spiro atoms. The van der Waals surface area contributed by atoms with E-state index in [-0.39, 0.29) is 24.7 Å². The second-order valence-corrected chi connectivity index (χ2v) is 7.04. The van der Waals surface area contributed by atoms with E-state index in [0.29, 0.717) is 12.3 Å². The zero-order valence-electron chi connectivity index (χ0n) is 16.4. The first kappa shape index (κ1) is 20.0. The largest absolute Gasteiger partial charge is 0.491 e. The molecule has 1 atom stereocenters. The van der Waals surface area contributed by atoms with E-state index in [0.717, 1.165) is 36.6 Å². The van der Waals surface area contributed by atoms with Gasteiger partial charge in [0.05, 0.1) is 24.4 Å². The minimum atomic E-state index is -0.143. The fourth-order valence-electron chi connectivity index (χ4n) is 2.98. The minimum absolute atomic E-state index is 0.0640. The molecule has 1 aliphatic heterocycles. The molecule has 2 aromatic rings. The molecule has 6 nitrogen and oxygen atoms in total. The Morgan fingerprint density at radius 3 is 2.86 bits per heavy atom. The van der Waals surface area contributed by atoms with Crippen molar-refractivity contribution < 1.29 is 19.0 Å². The average molecular weight is 384 g/mol. The van der Waals surface area contributed by atoms with E-state index in [4.69, 9.17) is 14.2 Å². The Bertz CT molecular complexity index is 773. The van der Waals surface area contributed by atoms with Crippen LogP contribution in [0.15, 0.2) is 48.5 Å². The van der Waals surface area contributed by atoms with Crippen LogP contribution in [0, 0.1) is 0 Å². The first-order valence-corrected chi connectivity index (χ1v) is 9.74. The Morgan fingerprint density at radius 1 is 1.21 bits per heavy atom. The van der Waals surface area contributed by atoms with Crippen LogP contribution in [0.1, 0.15) is 26.7 Å². The molecule has 0 aromatic heterocycles. The standard InChI is InChI=1S/C22H28N2O4/c1-16(2)28-21-11-4-3-10-20(21)23-14-22(25)24-17-7-5-8-18(13-17)27-15-19-9-6-12-26-19/h3-5,7-8,10-11,13,16,19,23H,6,9,12,14-15H2,1-2H3,(H,24,25). The van der Waals surface area contributed by atoms with Crippen LogP contribution >= 0.6 is 0 Å². The van der Waals surface area contributed by atoms with Gasteiger partial charge >= 0.3 is 0 Å². The summed E-state index contributed by atoms with van der Waals surface area (Å²) in [7, 11) is 0. The van der Waals surface area contributed by atoms with Crippen molar-refractivity contribution >= 4 is 17.3 Å². The molecule has 1 amide bonds. The summed E-state index contributed by atoms with van der Waals surface area (Å²) in [5.41, 5.74) is 1.49. The van der Waals surface area contributed by atoms with Crippen LogP contribution in [0.5, 0.6) is 11.5 Å². The number of hydrogen-bond acceptors (Lipinski definition) is 5. The van der Waals surface area contributed by atoms with Gasteiger partial charge in [-0.1, -0.05) is 18.2 Å². The fourth-order valence-corrected chi connectivity index (χ4v) is 2.98. The minimum Gasteiger partial charge on any atom is -0.491 e. The molecule has 150 valence electrons. The monoisotopic (exact) mass is 384 g/mol. The van der Waals surface area contributed by atoms with Crippen LogP contribution in [0.25, 0.3) is 0 Å². The van der Waals surface area contributed by atoms with Crippen molar-refractivity contribution in [3.63, 3.8) is 0 Å². The third-order valence-electron chi connectivity index (χ3n) is 4.27. The third-order valence-corrected chi connectivity index (χ3v) is 4.27. The number of nitrogens with one attached hydrogen (secondary N) is 2. The highest BCUT2D eigenvalue weighted by atomic mass is 16.5. The van der Waals surface area contributed by atoms with E-state index in [1.54, 1.807) is 0 Å². The SMILES string of the molecule is CC(C)Oc1ccccc1NCC(=O)Nc1cccc(OCC2CCCO2)c1. The molecule has 6 heteroatoms. The van der Waals surface area contributed by atoms with E-state index in [9.17, 15) is 4.79 Å². The van der Waals surface area contributed by atoms with Gasteiger partial charge in [0.2, 0.25) is 5.91 Å². The van der Waals surface area contributed by atoms with Crippen molar-refractivity contribution in [1.29, 1.82) is 0 Å². The quantitative estimate of drug-likeness (QED) is 0.682. The van der Waals surface area contributed by atoms with Crippen molar-refractivity contribution in [3.8, 4) is 11.5 Å². The lowest BCUT2D eigenvalue weighted by Crippen LogP contribution is -2.22. The van der Waals surface area contributed by atoms with Crippen LogP contribution in [-0.2, 0) is 9.53 Å². The summed E-state index contributed by atoms with van der Waals surface area (Å²) in [4.78, 5) is 12.3. The van der Waals surface area contributed by atoms with Gasteiger partial charge in [0.25, 0.3) is 0 Å². The van der Waals surface area contributed by atoms with Crippen LogP contribution in [0.4, 0.5) is 11.4 Å². The van der Waals surface area contributed by atoms with Crippen molar-refractivity contribution in [1.82, 2.24) is 0 Å². The Morgan fingerprint density at radius 2 is 2.07 bits per heavy atom. The molecule has 0 saturated carbocycles. The predicted molar refractivity (Wildman–Crippen MR) is 110 cm³/mol. The Balaban J connectivity index is 1.50. The molecule has 1 heterocycles. The highest BCUT2D eigenvalue weighted by molar-refractivity contribution is 5.94. The number of amides is 1. The number of hydrogen-bond donors (Lipinski definition) is 2. The van der Waals surface area contributed by atoms with Gasteiger partial charge in [-0.25, -0.2) is 0 Å². The van der Waals surface area contributed by atoms with Crippen molar-refractivity contribution in [2.75, 3.05) is 30.4 Å². The first-order valence-electron chi connectivity index (χ1n) is 9.74. The summed E-state index contributed by atoms with van der Waals surface area (Å²) in [5, 5.41) is 6.02. The number of anilines is 2. The lowest BCUT2D eigenvalue weighted by molar-refractivity contribution is -0.114. The van der Waals surface area contributed by atoms with Crippen molar-refractivity contribution in [2.45, 2.75) is 38.9 Å².